The highest BCUT2D eigenvalue weighted by Crippen LogP contribution is 2.27. The van der Waals surface area contributed by atoms with Crippen LogP contribution >= 0.6 is 15.9 Å². The molecular formula is C13H13BrN2O3. The molecule has 0 radical (unpaired) electrons. The van der Waals surface area contributed by atoms with Gasteiger partial charge in [0.05, 0.1) is 10.2 Å². The molecule has 1 heterocycles. The summed E-state index contributed by atoms with van der Waals surface area (Å²) in [6.07, 6.45) is 1.72. The molecule has 0 spiro atoms. The number of carbonyl (C=O) groups is 1. The molecule has 0 aliphatic heterocycles. The molecular weight excluding hydrogens is 312 g/mol. The van der Waals surface area contributed by atoms with Gasteiger partial charge >= 0.3 is 5.97 Å². The van der Waals surface area contributed by atoms with E-state index in [0.29, 0.717) is 4.47 Å². The molecule has 1 aromatic carbocycles. The van der Waals surface area contributed by atoms with E-state index in [-0.39, 0.29) is 5.88 Å². The molecule has 0 fully saturated rings. The number of carboxylic acid groups (broad SMARTS) is 1. The lowest BCUT2D eigenvalue weighted by Gasteiger charge is -2.19. The summed E-state index contributed by atoms with van der Waals surface area (Å²) < 4.78 is 7.64. The van der Waals surface area contributed by atoms with Gasteiger partial charge in [0.15, 0.2) is 0 Å². The van der Waals surface area contributed by atoms with Crippen LogP contribution in [0.3, 0.4) is 0 Å². The molecule has 19 heavy (non-hydrogen) atoms. The van der Waals surface area contributed by atoms with Crippen LogP contribution in [-0.4, -0.2) is 26.5 Å². The number of carboxylic acids is 1. The van der Waals surface area contributed by atoms with Crippen molar-refractivity contribution in [3.63, 3.8) is 0 Å². The van der Waals surface area contributed by atoms with Gasteiger partial charge in [-0.25, -0.2) is 9.48 Å². The first-order chi connectivity index (χ1) is 8.90. The van der Waals surface area contributed by atoms with Crippen molar-refractivity contribution in [2.24, 2.45) is 0 Å². The Bertz CT molecular complexity index is 593. The van der Waals surface area contributed by atoms with E-state index in [0.717, 1.165) is 5.69 Å². The van der Waals surface area contributed by atoms with Crippen molar-refractivity contribution >= 4 is 21.9 Å². The van der Waals surface area contributed by atoms with Crippen molar-refractivity contribution in [1.82, 2.24) is 9.78 Å². The van der Waals surface area contributed by atoms with Crippen molar-refractivity contribution in [2.45, 2.75) is 19.4 Å². The first-order valence-corrected chi connectivity index (χ1v) is 6.42. The Morgan fingerprint density at radius 1 is 1.37 bits per heavy atom. The number of benzene rings is 1. The molecule has 0 aliphatic carbocycles. The first kappa shape index (κ1) is 13.6. The molecule has 100 valence electrons. The fraction of sp³-hybridized carbons (Fsp3) is 0.231. The van der Waals surface area contributed by atoms with Crippen LogP contribution in [0.1, 0.15) is 13.8 Å². The molecule has 0 atom stereocenters. The maximum absolute atomic E-state index is 11.0. The zero-order valence-electron chi connectivity index (χ0n) is 10.5. The van der Waals surface area contributed by atoms with Crippen LogP contribution in [0.25, 0.3) is 5.69 Å². The summed E-state index contributed by atoms with van der Waals surface area (Å²) in [7, 11) is 0. The third kappa shape index (κ3) is 2.96. The summed E-state index contributed by atoms with van der Waals surface area (Å²) >= 11 is 3.31. The number of halogens is 1. The van der Waals surface area contributed by atoms with Crippen molar-refractivity contribution < 1.29 is 14.6 Å². The van der Waals surface area contributed by atoms with E-state index in [1.165, 1.54) is 13.8 Å². The van der Waals surface area contributed by atoms with Gasteiger partial charge in [0.2, 0.25) is 11.5 Å². The smallest absolute Gasteiger partial charge is 0.347 e. The molecule has 2 aromatic rings. The molecule has 0 aliphatic rings. The van der Waals surface area contributed by atoms with E-state index in [2.05, 4.69) is 21.0 Å². The van der Waals surface area contributed by atoms with Crippen LogP contribution in [0.2, 0.25) is 0 Å². The Labute approximate surface area is 118 Å². The standard InChI is InChI=1S/C13H13BrN2O3/c1-13(2,12(17)18)19-11-10(14)8-16(15-11)9-6-4-3-5-7-9/h3-8H,1-2H3,(H,17,18). The number of hydrogen-bond acceptors (Lipinski definition) is 3. The number of rotatable bonds is 4. The van der Waals surface area contributed by atoms with Crippen LogP contribution in [0.4, 0.5) is 0 Å². The third-order valence-electron chi connectivity index (χ3n) is 2.53. The highest BCUT2D eigenvalue weighted by molar-refractivity contribution is 9.10. The molecule has 5 nitrogen and oxygen atoms in total. The van der Waals surface area contributed by atoms with Crippen LogP contribution < -0.4 is 4.74 Å². The van der Waals surface area contributed by atoms with E-state index >= 15 is 0 Å². The second-order valence-electron chi connectivity index (χ2n) is 4.48. The van der Waals surface area contributed by atoms with Crippen LogP contribution in [0.5, 0.6) is 5.88 Å². The predicted octanol–water partition coefficient (Wildman–Crippen LogP) is 2.88. The van der Waals surface area contributed by atoms with Crippen molar-refractivity contribution in [1.29, 1.82) is 0 Å². The summed E-state index contributed by atoms with van der Waals surface area (Å²) in [5.41, 5.74) is -0.468. The average molecular weight is 325 g/mol. The maximum Gasteiger partial charge on any atom is 0.347 e. The number of aliphatic carboxylic acids is 1. The van der Waals surface area contributed by atoms with Gasteiger partial charge < -0.3 is 9.84 Å². The lowest BCUT2D eigenvalue weighted by molar-refractivity contribution is -0.152. The highest BCUT2D eigenvalue weighted by Gasteiger charge is 2.31. The van der Waals surface area contributed by atoms with Gasteiger partial charge in [0.1, 0.15) is 0 Å². The molecule has 0 amide bonds. The van der Waals surface area contributed by atoms with E-state index < -0.39 is 11.6 Å². The average Bonchev–Trinajstić information content (AvgIpc) is 2.71. The third-order valence-corrected chi connectivity index (χ3v) is 3.07. The predicted molar refractivity (Wildman–Crippen MR) is 73.6 cm³/mol. The Balaban J connectivity index is 2.30. The summed E-state index contributed by atoms with van der Waals surface area (Å²) in [6.45, 7) is 2.95. The summed E-state index contributed by atoms with van der Waals surface area (Å²) in [6, 6.07) is 9.49. The number of aromatic nitrogens is 2. The fourth-order valence-corrected chi connectivity index (χ4v) is 1.76. The minimum Gasteiger partial charge on any atom is -0.478 e. The maximum atomic E-state index is 11.0. The summed E-state index contributed by atoms with van der Waals surface area (Å²) in [4.78, 5) is 11.0. The Morgan fingerprint density at radius 3 is 2.58 bits per heavy atom. The SMILES string of the molecule is CC(C)(Oc1nn(-c2ccccc2)cc1Br)C(=O)O. The first-order valence-electron chi connectivity index (χ1n) is 5.63. The lowest BCUT2D eigenvalue weighted by atomic mass is 10.1. The number of ether oxygens (including phenoxy) is 1. The van der Waals surface area contributed by atoms with E-state index in [1.807, 2.05) is 30.3 Å². The van der Waals surface area contributed by atoms with Crippen molar-refractivity contribution in [3.05, 3.63) is 41.0 Å². The Hall–Kier alpha value is -1.82. The molecule has 1 aromatic heterocycles. The monoisotopic (exact) mass is 324 g/mol. The van der Waals surface area contributed by atoms with E-state index in [4.69, 9.17) is 9.84 Å². The van der Waals surface area contributed by atoms with Crippen LogP contribution in [0, 0.1) is 0 Å². The molecule has 0 saturated heterocycles. The van der Waals surface area contributed by atoms with Gasteiger partial charge in [0, 0.05) is 6.20 Å². The van der Waals surface area contributed by atoms with Crippen molar-refractivity contribution in [2.75, 3.05) is 0 Å². The Morgan fingerprint density at radius 2 is 2.00 bits per heavy atom. The van der Waals surface area contributed by atoms with Gasteiger partial charge in [-0.15, -0.1) is 5.10 Å². The fourth-order valence-electron chi connectivity index (χ4n) is 1.40. The van der Waals surface area contributed by atoms with Gasteiger partial charge in [0.25, 0.3) is 0 Å². The largest absolute Gasteiger partial charge is 0.478 e. The lowest BCUT2D eigenvalue weighted by Crippen LogP contribution is -2.38. The minimum atomic E-state index is -1.33. The normalized spacial score (nSPS) is 11.3. The summed E-state index contributed by atoms with van der Waals surface area (Å²) in [5, 5.41) is 13.3. The van der Waals surface area contributed by atoms with Crippen LogP contribution in [0.15, 0.2) is 41.0 Å². The quantitative estimate of drug-likeness (QED) is 0.939. The molecule has 0 unspecified atom stereocenters. The van der Waals surface area contributed by atoms with Crippen LogP contribution in [-0.2, 0) is 4.79 Å². The molecule has 6 heteroatoms. The molecule has 0 saturated carbocycles. The van der Waals surface area contributed by atoms with E-state index in [1.54, 1.807) is 10.9 Å². The molecule has 1 N–H and O–H groups in total. The van der Waals surface area contributed by atoms with Crippen molar-refractivity contribution in [3.8, 4) is 11.6 Å². The molecule has 2 rings (SSSR count). The Kier molecular flexibility index (Phi) is 3.61. The van der Waals surface area contributed by atoms with Gasteiger partial charge in [-0.2, -0.15) is 0 Å². The second kappa shape index (κ2) is 5.05. The minimum absolute atomic E-state index is 0.247. The molecule has 0 bridgehead atoms. The number of nitrogens with zero attached hydrogens (tertiary/aromatic N) is 2. The van der Waals surface area contributed by atoms with Gasteiger partial charge in [-0.05, 0) is 41.9 Å². The number of hydrogen-bond donors (Lipinski definition) is 1. The second-order valence-corrected chi connectivity index (χ2v) is 5.33. The zero-order chi connectivity index (χ0) is 14.0. The van der Waals surface area contributed by atoms with Gasteiger partial charge in [-0.3, -0.25) is 0 Å². The summed E-state index contributed by atoms with van der Waals surface area (Å²) in [5.74, 6) is -0.801. The number of para-hydroxylation sites is 1. The highest BCUT2D eigenvalue weighted by atomic mass is 79.9. The van der Waals surface area contributed by atoms with E-state index in [9.17, 15) is 4.79 Å². The topological polar surface area (TPSA) is 64.4 Å². The van der Waals surface area contributed by atoms with Gasteiger partial charge in [-0.1, -0.05) is 18.2 Å². The zero-order valence-corrected chi connectivity index (χ0v) is 12.1.